The summed E-state index contributed by atoms with van der Waals surface area (Å²) in [4.78, 5) is 21.9. The predicted octanol–water partition coefficient (Wildman–Crippen LogP) is -0.228. The van der Waals surface area contributed by atoms with Crippen LogP contribution in [0.25, 0.3) is 0 Å². The molecular formula is C8H12N2O2. The predicted molar refractivity (Wildman–Crippen MR) is 44.1 cm³/mol. The molecule has 0 aromatic rings. The molecule has 0 aliphatic carbocycles. The molecule has 0 saturated carbocycles. The van der Waals surface area contributed by atoms with Gasteiger partial charge in [0.15, 0.2) is 0 Å². The number of hydrogen-bond acceptors (Lipinski definition) is 2. The van der Waals surface area contributed by atoms with Gasteiger partial charge in [0.2, 0.25) is 5.91 Å². The van der Waals surface area contributed by atoms with E-state index >= 15 is 0 Å². The first-order valence-corrected chi connectivity index (χ1v) is 3.89. The lowest BCUT2D eigenvalue weighted by atomic mass is 10.1. The molecule has 1 rings (SSSR count). The Labute approximate surface area is 71.0 Å². The Morgan fingerprint density at radius 2 is 2.08 bits per heavy atom. The second kappa shape index (κ2) is 3.38. The number of allylic oxidation sites excluding steroid dienone is 1. The van der Waals surface area contributed by atoms with Gasteiger partial charge in [-0.2, -0.15) is 0 Å². The number of hydrogen-bond donors (Lipinski definition) is 2. The SMILES string of the molecule is CC(C)/C=C1\NC(=O)CNC1=O. The number of nitrogens with one attached hydrogen (secondary N) is 2. The van der Waals surface area contributed by atoms with Gasteiger partial charge in [-0.25, -0.2) is 0 Å². The van der Waals surface area contributed by atoms with Crippen LogP contribution < -0.4 is 10.6 Å². The minimum atomic E-state index is -0.205. The number of carbonyl (C=O) groups excluding carboxylic acids is 2. The van der Waals surface area contributed by atoms with Crippen LogP contribution >= 0.6 is 0 Å². The van der Waals surface area contributed by atoms with Crippen LogP contribution in [0.1, 0.15) is 13.8 Å². The molecule has 0 radical (unpaired) electrons. The Bertz CT molecular complexity index is 243. The number of piperazine rings is 1. The monoisotopic (exact) mass is 168 g/mol. The maximum atomic E-state index is 11.1. The van der Waals surface area contributed by atoms with Gasteiger partial charge in [-0.1, -0.05) is 19.9 Å². The number of rotatable bonds is 1. The van der Waals surface area contributed by atoms with Crippen molar-refractivity contribution in [1.82, 2.24) is 10.6 Å². The normalized spacial score (nSPS) is 21.1. The topological polar surface area (TPSA) is 58.2 Å². The van der Waals surface area contributed by atoms with Crippen LogP contribution in [0.3, 0.4) is 0 Å². The first-order chi connectivity index (χ1) is 5.59. The third-order valence-electron chi connectivity index (χ3n) is 1.43. The van der Waals surface area contributed by atoms with E-state index in [0.717, 1.165) is 0 Å². The lowest BCUT2D eigenvalue weighted by molar-refractivity contribution is -0.128. The molecule has 12 heavy (non-hydrogen) atoms. The van der Waals surface area contributed by atoms with Gasteiger partial charge in [-0.05, 0) is 5.92 Å². The van der Waals surface area contributed by atoms with E-state index in [1.54, 1.807) is 6.08 Å². The number of carbonyl (C=O) groups is 2. The van der Waals surface area contributed by atoms with Crippen molar-refractivity contribution in [2.24, 2.45) is 5.92 Å². The molecule has 1 saturated heterocycles. The Morgan fingerprint density at radius 1 is 1.42 bits per heavy atom. The largest absolute Gasteiger partial charge is 0.342 e. The molecule has 0 atom stereocenters. The maximum Gasteiger partial charge on any atom is 0.267 e. The van der Waals surface area contributed by atoms with Crippen LogP contribution in [0.5, 0.6) is 0 Å². The molecule has 1 heterocycles. The molecular weight excluding hydrogens is 156 g/mol. The van der Waals surface area contributed by atoms with Gasteiger partial charge < -0.3 is 10.6 Å². The summed E-state index contributed by atoms with van der Waals surface area (Å²) >= 11 is 0. The molecule has 2 N–H and O–H groups in total. The van der Waals surface area contributed by atoms with Crippen LogP contribution in [0.15, 0.2) is 11.8 Å². The molecule has 1 aliphatic heterocycles. The van der Waals surface area contributed by atoms with Crippen LogP contribution in [0.2, 0.25) is 0 Å². The van der Waals surface area contributed by atoms with Gasteiger partial charge in [0.1, 0.15) is 5.70 Å². The van der Waals surface area contributed by atoms with Crippen LogP contribution in [-0.4, -0.2) is 18.4 Å². The van der Waals surface area contributed by atoms with Crippen molar-refractivity contribution < 1.29 is 9.59 Å². The average Bonchev–Trinajstić information content (AvgIpc) is 1.96. The van der Waals surface area contributed by atoms with Gasteiger partial charge in [0.25, 0.3) is 5.91 Å². The van der Waals surface area contributed by atoms with Gasteiger partial charge in [0, 0.05) is 0 Å². The third kappa shape index (κ3) is 2.08. The highest BCUT2D eigenvalue weighted by Crippen LogP contribution is 2.01. The second-order valence-corrected chi connectivity index (χ2v) is 3.06. The zero-order valence-corrected chi connectivity index (χ0v) is 7.18. The third-order valence-corrected chi connectivity index (χ3v) is 1.43. The summed E-state index contributed by atoms with van der Waals surface area (Å²) in [5, 5.41) is 4.98. The standard InChI is InChI=1S/C8H12N2O2/c1-5(2)3-6-8(12)9-4-7(11)10-6/h3,5H,4H2,1-2H3,(H,9,12)(H,10,11)/b6-3-. The zero-order valence-electron chi connectivity index (χ0n) is 7.18. The summed E-state index contributed by atoms with van der Waals surface area (Å²) in [6.45, 7) is 3.97. The van der Waals surface area contributed by atoms with E-state index in [0.29, 0.717) is 5.70 Å². The molecule has 0 unspecified atom stereocenters. The van der Waals surface area contributed by atoms with Crippen LogP contribution in [-0.2, 0) is 9.59 Å². The molecule has 0 spiro atoms. The Kier molecular flexibility index (Phi) is 2.47. The Hall–Kier alpha value is -1.32. The first-order valence-electron chi connectivity index (χ1n) is 3.89. The van der Waals surface area contributed by atoms with Crippen molar-refractivity contribution in [3.8, 4) is 0 Å². The second-order valence-electron chi connectivity index (χ2n) is 3.06. The van der Waals surface area contributed by atoms with E-state index in [2.05, 4.69) is 10.6 Å². The molecule has 0 bridgehead atoms. The fourth-order valence-electron chi connectivity index (χ4n) is 0.958. The molecule has 4 nitrogen and oxygen atoms in total. The lowest BCUT2D eigenvalue weighted by Gasteiger charge is -2.16. The summed E-state index contributed by atoms with van der Waals surface area (Å²) in [6, 6.07) is 0. The smallest absolute Gasteiger partial charge is 0.267 e. The molecule has 2 amide bonds. The summed E-state index contributed by atoms with van der Waals surface area (Å²) in [6.07, 6.45) is 1.73. The maximum absolute atomic E-state index is 11.1. The van der Waals surface area contributed by atoms with Gasteiger partial charge in [0.05, 0.1) is 6.54 Å². The van der Waals surface area contributed by atoms with E-state index < -0.39 is 0 Å². The molecule has 0 aromatic carbocycles. The van der Waals surface area contributed by atoms with Crippen molar-refractivity contribution in [2.75, 3.05) is 6.54 Å². The number of amides is 2. The van der Waals surface area contributed by atoms with E-state index in [9.17, 15) is 9.59 Å². The van der Waals surface area contributed by atoms with Gasteiger partial charge in [-0.15, -0.1) is 0 Å². The highest BCUT2D eigenvalue weighted by atomic mass is 16.2. The Morgan fingerprint density at radius 3 is 2.67 bits per heavy atom. The van der Waals surface area contributed by atoms with Crippen molar-refractivity contribution in [3.05, 3.63) is 11.8 Å². The summed E-state index contributed by atoms with van der Waals surface area (Å²) in [5.41, 5.74) is 0.362. The molecule has 1 fully saturated rings. The van der Waals surface area contributed by atoms with E-state index in [4.69, 9.17) is 0 Å². The van der Waals surface area contributed by atoms with Crippen molar-refractivity contribution >= 4 is 11.8 Å². The molecule has 4 heteroatoms. The lowest BCUT2D eigenvalue weighted by Crippen LogP contribution is -2.47. The van der Waals surface area contributed by atoms with Crippen molar-refractivity contribution in [2.45, 2.75) is 13.8 Å². The minimum Gasteiger partial charge on any atom is -0.342 e. The molecule has 1 aliphatic rings. The molecule has 66 valence electrons. The quantitative estimate of drug-likeness (QED) is 0.531. The van der Waals surface area contributed by atoms with Crippen LogP contribution in [0.4, 0.5) is 0 Å². The van der Waals surface area contributed by atoms with E-state index in [1.165, 1.54) is 0 Å². The highest BCUT2D eigenvalue weighted by molar-refractivity contribution is 6.02. The van der Waals surface area contributed by atoms with Crippen molar-refractivity contribution in [3.63, 3.8) is 0 Å². The summed E-state index contributed by atoms with van der Waals surface area (Å²) in [7, 11) is 0. The van der Waals surface area contributed by atoms with E-state index in [1.807, 2.05) is 13.8 Å². The fraction of sp³-hybridized carbons (Fsp3) is 0.500. The van der Waals surface area contributed by atoms with Gasteiger partial charge >= 0.3 is 0 Å². The minimum absolute atomic E-state index is 0.0776. The summed E-state index contributed by atoms with van der Waals surface area (Å²) in [5.74, 6) is -0.117. The van der Waals surface area contributed by atoms with Crippen molar-refractivity contribution in [1.29, 1.82) is 0 Å². The fourth-order valence-corrected chi connectivity index (χ4v) is 0.958. The highest BCUT2D eigenvalue weighted by Gasteiger charge is 2.18. The average molecular weight is 168 g/mol. The first kappa shape index (κ1) is 8.77. The van der Waals surface area contributed by atoms with E-state index in [-0.39, 0.29) is 24.3 Å². The molecule has 0 aromatic heterocycles. The van der Waals surface area contributed by atoms with Crippen LogP contribution in [0, 0.1) is 5.92 Å². The summed E-state index contributed by atoms with van der Waals surface area (Å²) < 4.78 is 0. The zero-order chi connectivity index (χ0) is 9.14. The Balaban J connectivity index is 2.73. The van der Waals surface area contributed by atoms with Gasteiger partial charge in [-0.3, -0.25) is 9.59 Å².